The fourth-order valence-electron chi connectivity index (χ4n) is 2.11. The smallest absolute Gasteiger partial charge is 0.284 e. The highest BCUT2D eigenvalue weighted by atomic mass is 16.7. The van der Waals surface area contributed by atoms with Crippen molar-refractivity contribution in [2.45, 2.75) is 78.1 Å². The van der Waals surface area contributed by atoms with Gasteiger partial charge in [0.05, 0.1) is 5.92 Å². The summed E-state index contributed by atoms with van der Waals surface area (Å²) < 4.78 is 0. The Morgan fingerprint density at radius 2 is 1.50 bits per heavy atom. The number of rotatable bonds is 12. The molecule has 18 heavy (non-hydrogen) atoms. The van der Waals surface area contributed by atoms with Crippen LogP contribution in [-0.4, -0.2) is 5.97 Å². The van der Waals surface area contributed by atoms with Gasteiger partial charge in [-0.3, -0.25) is 4.84 Å². The average molecular weight is 257 g/mol. The molecule has 0 amide bonds. The molecule has 0 aliphatic rings. The maximum absolute atomic E-state index is 11.5. The van der Waals surface area contributed by atoms with Crippen molar-refractivity contribution in [2.24, 2.45) is 11.3 Å². The lowest BCUT2D eigenvalue weighted by atomic mass is 9.95. The van der Waals surface area contributed by atoms with Gasteiger partial charge in [0.1, 0.15) is 0 Å². The van der Waals surface area contributed by atoms with Gasteiger partial charge in [0.25, 0.3) is 0 Å². The minimum atomic E-state index is -0.452. The van der Waals surface area contributed by atoms with Gasteiger partial charge in [-0.2, -0.15) is 0 Å². The standard InChI is InChI=1S/C14H27NO3/c1-3-5-7-8-9-10-12-13(11-6-4-2)14(16)18-15-17/h13H,3-12H2,1-2H3. The second-order valence-corrected chi connectivity index (χ2v) is 4.88. The van der Waals surface area contributed by atoms with E-state index in [-0.39, 0.29) is 5.92 Å². The Hall–Kier alpha value is -0.930. The van der Waals surface area contributed by atoms with Crippen LogP contribution in [0.1, 0.15) is 78.1 Å². The van der Waals surface area contributed by atoms with E-state index in [2.05, 4.69) is 24.0 Å². The number of carbonyl (C=O) groups is 1. The van der Waals surface area contributed by atoms with Crippen molar-refractivity contribution in [2.75, 3.05) is 0 Å². The lowest BCUT2D eigenvalue weighted by Crippen LogP contribution is -2.15. The largest absolute Gasteiger partial charge is 0.341 e. The molecule has 0 radical (unpaired) electrons. The Labute approximate surface area is 110 Å². The number of nitrogens with zero attached hydrogens (tertiary/aromatic N) is 1. The summed E-state index contributed by atoms with van der Waals surface area (Å²) in [6.45, 7) is 4.29. The molecule has 4 heteroatoms. The molecule has 0 fully saturated rings. The van der Waals surface area contributed by atoms with Crippen molar-refractivity contribution in [3.63, 3.8) is 0 Å². The maximum Gasteiger partial charge on any atom is 0.341 e. The Morgan fingerprint density at radius 3 is 2.11 bits per heavy atom. The molecule has 4 nitrogen and oxygen atoms in total. The topological polar surface area (TPSA) is 55.7 Å². The molecule has 0 N–H and O–H groups in total. The zero-order valence-electron chi connectivity index (χ0n) is 11.8. The summed E-state index contributed by atoms with van der Waals surface area (Å²) in [7, 11) is 0. The van der Waals surface area contributed by atoms with Crippen LogP contribution in [0.5, 0.6) is 0 Å². The molecule has 0 rings (SSSR count). The van der Waals surface area contributed by atoms with Gasteiger partial charge >= 0.3 is 5.97 Å². The van der Waals surface area contributed by atoms with Crippen LogP contribution in [0.4, 0.5) is 0 Å². The third-order valence-corrected chi connectivity index (χ3v) is 3.27. The Bertz CT molecular complexity index is 219. The van der Waals surface area contributed by atoms with E-state index >= 15 is 0 Å². The first-order valence-electron chi connectivity index (χ1n) is 7.29. The molecular formula is C14H27NO3. The zero-order valence-corrected chi connectivity index (χ0v) is 11.8. The van der Waals surface area contributed by atoms with Gasteiger partial charge in [-0.25, -0.2) is 4.79 Å². The lowest BCUT2D eigenvalue weighted by molar-refractivity contribution is -0.149. The van der Waals surface area contributed by atoms with E-state index in [0.717, 1.165) is 38.5 Å². The van der Waals surface area contributed by atoms with Gasteiger partial charge in [-0.15, -0.1) is 4.91 Å². The minimum absolute atomic E-state index is 0.145. The fourth-order valence-corrected chi connectivity index (χ4v) is 2.11. The quantitative estimate of drug-likeness (QED) is 0.287. The minimum Gasteiger partial charge on any atom is -0.284 e. The number of hydrogen-bond donors (Lipinski definition) is 0. The Balaban J connectivity index is 3.78. The van der Waals surface area contributed by atoms with Crippen LogP contribution in [0, 0.1) is 10.8 Å². The molecule has 0 saturated carbocycles. The third-order valence-electron chi connectivity index (χ3n) is 3.27. The SMILES string of the molecule is CCCCCCCCC(CCCC)C(=O)ON=O. The first-order valence-corrected chi connectivity index (χ1v) is 7.29. The average Bonchev–Trinajstić information content (AvgIpc) is 2.37. The molecule has 0 spiro atoms. The molecule has 0 aromatic heterocycles. The van der Waals surface area contributed by atoms with Gasteiger partial charge in [0.15, 0.2) is 5.34 Å². The summed E-state index contributed by atoms with van der Waals surface area (Å²) in [5.41, 5.74) is 0. The molecule has 106 valence electrons. The number of carbonyl (C=O) groups excluding carboxylic acids is 1. The highest BCUT2D eigenvalue weighted by Crippen LogP contribution is 2.19. The van der Waals surface area contributed by atoms with Gasteiger partial charge in [0, 0.05) is 0 Å². The summed E-state index contributed by atoms with van der Waals surface area (Å²) in [6, 6.07) is 0. The predicted molar refractivity (Wildman–Crippen MR) is 72.9 cm³/mol. The van der Waals surface area contributed by atoms with Gasteiger partial charge in [-0.05, 0) is 12.8 Å². The zero-order chi connectivity index (χ0) is 13.6. The summed E-state index contributed by atoms with van der Waals surface area (Å²) in [6.07, 6.45) is 10.9. The molecular weight excluding hydrogens is 230 g/mol. The first kappa shape index (κ1) is 17.1. The van der Waals surface area contributed by atoms with E-state index in [1.165, 1.54) is 25.7 Å². The van der Waals surface area contributed by atoms with E-state index in [1.54, 1.807) is 0 Å². The first-order chi connectivity index (χ1) is 8.76. The van der Waals surface area contributed by atoms with Crippen molar-refractivity contribution in [1.29, 1.82) is 0 Å². The second kappa shape index (κ2) is 12.5. The van der Waals surface area contributed by atoms with Crippen molar-refractivity contribution in [3.8, 4) is 0 Å². The van der Waals surface area contributed by atoms with E-state index < -0.39 is 5.97 Å². The molecule has 0 aliphatic heterocycles. The normalized spacial score (nSPS) is 12.1. The monoisotopic (exact) mass is 257 g/mol. The number of hydrogen-bond acceptors (Lipinski definition) is 4. The number of unbranched alkanes of at least 4 members (excludes halogenated alkanes) is 6. The van der Waals surface area contributed by atoms with Crippen molar-refractivity contribution < 1.29 is 9.63 Å². The van der Waals surface area contributed by atoms with Crippen LogP contribution >= 0.6 is 0 Å². The van der Waals surface area contributed by atoms with Crippen LogP contribution in [0.25, 0.3) is 0 Å². The predicted octanol–water partition coefficient (Wildman–Crippen LogP) is 4.77. The molecule has 0 aromatic rings. The van der Waals surface area contributed by atoms with E-state index in [4.69, 9.17) is 0 Å². The molecule has 0 bridgehead atoms. The summed E-state index contributed by atoms with van der Waals surface area (Å²) in [4.78, 5) is 25.7. The highest BCUT2D eigenvalue weighted by Gasteiger charge is 2.19. The maximum atomic E-state index is 11.5. The Morgan fingerprint density at radius 1 is 0.944 bits per heavy atom. The molecule has 0 saturated heterocycles. The van der Waals surface area contributed by atoms with E-state index in [0.29, 0.717) is 0 Å². The van der Waals surface area contributed by atoms with Gasteiger partial charge in [0.2, 0.25) is 0 Å². The van der Waals surface area contributed by atoms with Crippen LogP contribution in [0.2, 0.25) is 0 Å². The summed E-state index contributed by atoms with van der Waals surface area (Å²) in [5, 5.41) is 2.23. The van der Waals surface area contributed by atoms with Crippen molar-refractivity contribution >= 4 is 5.97 Å². The van der Waals surface area contributed by atoms with Crippen molar-refractivity contribution in [1.82, 2.24) is 0 Å². The van der Waals surface area contributed by atoms with Crippen LogP contribution < -0.4 is 0 Å². The van der Waals surface area contributed by atoms with E-state index in [1.807, 2.05) is 0 Å². The molecule has 0 aliphatic carbocycles. The molecule has 1 atom stereocenters. The lowest BCUT2D eigenvalue weighted by Gasteiger charge is -2.12. The highest BCUT2D eigenvalue weighted by molar-refractivity contribution is 5.72. The van der Waals surface area contributed by atoms with Crippen LogP contribution in [-0.2, 0) is 9.63 Å². The fraction of sp³-hybridized carbons (Fsp3) is 0.929. The summed E-state index contributed by atoms with van der Waals surface area (Å²) in [5.74, 6) is -0.596. The van der Waals surface area contributed by atoms with Gasteiger partial charge in [-0.1, -0.05) is 65.2 Å². The molecule has 1 unspecified atom stereocenters. The molecule has 0 aromatic carbocycles. The molecule has 0 heterocycles. The van der Waals surface area contributed by atoms with Crippen LogP contribution in [0.3, 0.4) is 0 Å². The second-order valence-electron chi connectivity index (χ2n) is 4.88. The van der Waals surface area contributed by atoms with Crippen LogP contribution in [0.15, 0.2) is 5.34 Å². The summed E-state index contributed by atoms with van der Waals surface area (Å²) >= 11 is 0. The van der Waals surface area contributed by atoms with Crippen molar-refractivity contribution in [3.05, 3.63) is 4.91 Å². The van der Waals surface area contributed by atoms with E-state index in [9.17, 15) is 9.70 Å². The Kier molecular flexibility index (Phi) is 11.9. The van der Waals surface area contributed by atoms with Gasteiger partial charge < -0.3 is 0 Å². The third kappa shape index (κ3) is 9.14.